The number of ether oxygens (including phenoxy) is 2. The minimum Gasteiger partial charge on any atom is -0.497 e. The van der Waals surface area contributed by atoms with E-state index in [1.165, 1.54) is 4.90 Å². The van der Waals surface area contributed by atoms with E-state index in [2.05, 4.69) is 0 Å². The number of methoxy groups -OCH3 is 1. The Balaban J connectivity index is 1.43. The van der Waals surface area contributed by atoms with Crippen molar-refractivity contribution >= 4 is 39.8 Å². The van der Waals surface area contributed by atoms with Gasteiger partial charge in [-0.1, -0.05) is 72.3 Å². The van der Waals surface area contributed by atoms with Gasteiger partial charge in [0.1, 0.15) is 11.5 Å². The van der Waals surface area contributed by atoms with E-state index in [-0.39, 0.29) is 11.8 Å². The topological polar surface area (TPSA) is 72.9 Å². The second kappa shape index (κ2) is 8.67. The number of amides is 2. The predicted molar refractivity (Wildman–Crippen MR) is 147 cm³/mol. The molecule has 0 bridgehead atoms. The third-order valence-corrected chi connectivity index (χ3v) is 8.28. The van der Waals surface area contributed by atoms with Crippen LogP contribution in [-0.4, -0.2) is 24.9 Å². The summed E-state index contributed by atoms with van der Waals surface area (Å²) >= 11 is 0. The lowest BCUT2D eigenvalue weighted by Crippen LogP contribution is -2.42. The number of aryl methyl sites for hydroxylation is 1. The zero-order chi connectivity index (χ0) is 26.8. The smallest absolute Gasteiger partial charge is 0.319 e. The number of imide groups is 1. The molecule has 0 saturated carbocycles. The van der Waals surface area contributed by atoms with Gasteiger partial charge >= 0.3 is 5.97 Å². The highest BCUT2D eigenvalue weighted by molar-refractivity contribution is 6.24. The molecule has 6 heteroatoms. The molecule has 3 aliphatic rings. The molecule has 0 N–H and O–H groups in total. The standard InChI is InChI=1S/C33H25NO5/c1-18-7-12-21(13-8-18)34-31(35)27-25(20-9-14-22(38-2)15-10-20)17-26-24-16-11-19-5-3-4-6-23(19)30(24)39-33(37)28(26)29(27)32(34)36/h3-17,25,27-29H,1-2H3/t25-,27+,28-,29-/m0/s1. The van der Waals surface area contributed by atoms with Crippen LogP contribution in [0.5, 0.6) is 11.5 Å². The minimum absolute atomic E-state index is 0.304. The van der Waals surface area contributed by atoms with Gasteiger partial charge in [-0.05, 0) is 47.7 Å². The third-order valence-electron chi connectivity index (χ3n) is 8.28. The largest absolute Gasteiger partial charge is 0.497 e. The fourth-order valence-corrected chi connectivity index (χ4v) is 6.39. The second-order valence-corrected chi connectivity index (χ2v) is 10.4. The average molecular weight is 516 g/mol. The summed E-state index contributed by atoms with van der Waals surface area (Å²) in [6, 6.07) is 26.6. The van der Waals surface area contributed by atoms with Crippen LogP contribution in [0.1, 0.15) is 22.6 Å². The van der Waals surface area contributed by atoms with Crippen molar-refractivity contribution in [3.05, 3.63) is 108 Å². The van der Waals surface area contributed by atoms with Gasteiger partial charge in [0, 0.05) is 16.9 Å². The number of nitrogens with zero attached hydrogens (tertiary/aromatic N) is 1. The number of fused-ring (bicyclic) bond motifs is 7. The van der Waals surface area contributed by atoms with E-state index in [4.69, 9.17) is 9.47 Å². The van der Waals surface area contributed by atoms with Gasteiger partial charge in [-0.3, -0.25) is 14.4 Å². The molecule has 4 aromatic carbocycles. The first-order chi connectivity index (χ1) is 19.0. The molecule has 39 heavy (non-hydrogen) atoms. The first-order valence-corrected chi connectivity index (χ1v) is 13.0. The Hall–Kier alpha value is -4.71. The summed E-state index contributed by atoms with van der Waals surface area (Å²) in [6.45, 7) is 1.95. The lowest BCUT2D eigenvalue weighted by atomic mass is 9.64. The summed E-state index contributed by atoms with van der Waals surface area (Å²) in [7, 11) is 1.60. The molecule has 1 fully saturated rings. The van der Waals surface area contributed by atoms with Gasteiger partial charge in [0.05, 0.1) is 30.6 Å². The maximum Gasteiger partial charge on any atom is 0.319 e. The van der Waals surface area contributed by atoms with E-state index >= 15 is 0 Å². The van der Waals surface area contributed by atoms with E-state index in [9.17, 15) is 14.4 Å². The summed E-state index contributed by atoms with van der Waals surface area (Å²) in [5.74, 6) is -2.88. The zero-order valence-electron chi connectivity index (χ0n) is 21.5. The fraction of sp³-hybridized carbons (Fsp3) is 0.182. The summed E-state index contributed by atoms with van der Waals surface area (Å²) in [5.41, 5.74) is 3.93. The minimum atomic E-state index is -0.877. The van der Waals surface area contributed by atoms with E-state index < -0.39 is 29.6 Å². The molecule has 7 rings (SSSR count). The average Bonchev–Trinajstić information content (AvgIpc) is 3.23. The van der Waals surface area contributed by atoms with Crippen molar-refractivity contribution in [3.8, 4) is 11.5 Å². The third kappa shape index (κ3) is 3.44. The molecule has 0 unspecified atom stereocenters. The zero-order valence-corrected chi connectivity index (χ0v) is 21.5. The normalized spacial score (nSPS) is 23.6. The van der Waals surface area contributed by atoms with Crippen LogP contribution in [0.15, 0.2) is 91.0 Å². The first kappa shape index (κ1) is 23.4. The van der Waals surface area contributed by atoms with Gasteiger partial charge < -0.3 is 9.47 Å². The van der Waals surface area contributed by atoms with Crippen LogP contribution in [0.25, 0.3) is 16.3 Å². The SMILES string of the molecule is COc1ccc([C@@H]2C=C3c4ccc5ccccc5c4OC(=O)[C@@H]3[C@H]3C(=O)N(c4ccc(C)cc4)C(=O)[C@@H]32)cc1. The van der Waals surface area contributed by atoms with Gasteiger partial charge in [-0.2, -0.15) is 0 Å². The van der Waals surface area contributed by atoms with Crippen LogP contribution in [0, 0.1) is 24.7 Å². The van der Waals surface area contributed by atoms with Crippen molar-refractivity contribution in [2.45, 2.75) is 12.8 Å². The van der Waals surface area contributed by atoms with Crippen LogP contribution in [0.2, 0.25) is 0 Å². The lowest BCUT2D eigenvalue weighted by Gasteiger charge is -2.38. The number of carbonyl (C=O) groups is 3. The second-order valence-electron chi connectivity index (χ2n) is 10.4. The van der Waals surface area contributed by atoms with E-state index in [1.54, 1.807) is 19.2 Å². The van der Waals surface area contributed by atoms with Gasteiger partial charge in [0.15, 0.2) is 0 Å². The van der Waals surface area contributed by atoms with Crippen molar-refractivity contribution in [2.24, 2.45) is 17.8 Å². The molecule has 1 aliphatic carbocycles. The number of allylic oxidation sites excluding steroid dienone is 1. The summed E-state index contributed by atoms with van der Waals surface area (Å²) in [6.07, 6.45) is 2.01. The van der Waals surface area contributed by atoms with Crippen LogP contribution in [0.3, 0.4) is 0 Å². The highest BCUT2D eigenvalue weighted by Gasteiger charge is 2.60. The number of benzene rings is 4. The van der Waals surface area contributed by atoms with Crippen molar-refractivity contribution in [1.29, 1.82) is 0 Å². The van der Waals surface area contributed by atoms with Crippen LogP contribution in [0.4, 0.5) is 5.69 Å². The van der Waals surface area contributed by atoms with Gasteiger partial charge in [0.2, 0.25) is 11.8 Å². The van der Waals surface area contributed by atoms with Crippen molar-refractivity contribution in [2.75, 3.05) is 12.0 Å². The molecule has 2 aliphatic heterocycles. The molecule has 2 amide bonds. The van der Waals surface area contributed by atoms with Crippen molar-refractivity contribution in [3.63, 3.8) is 0 Å². The maximum absolute atomic E-state index is 14.1. The molecule has 4 atom stereocenters. The molecule has 0 aromatic heterocycles. The van der Waals surface area contributed by atoms with Crippen LogP contribution < -0.4 is 14.4 Å². The molecule has 4 aromatic rings. The number of anilines is 1. The number of esters is 1. The fourth-order valence-electron chi connectivity index (χ4n) is 6.39. The monoisotopic (exact) mass is 515 g/mol. The Bertz CT molecular complexity index is 1700. The van der Waals surface area contributed by atoms with Crippen molar-refractivity contribution < 1.29 is 23.9 Å². The Kier molecular flexibility index (Phi) is 5.20. The Labute approximate surface area is 225 Å². The molecule has 0 spiro atoms. The Morgan fingerprint density at radius 3 is 2.26 bits per heavy atom. The van der Waals surface area contributed by atoms with Crippen molar-refractivity contribution in [1.82, 2.24) is 0 Å². The number of carbonyl (C=O) groups excluding carboxylic acids is 3. The predicted octanol–water partition coefficient (Wildman–Crippen LogP) is 5.68. The first-order valence-electron chi connectivity index (χ1n) is 13.0. The quantitative estimate of drug-likeness (QED) is 0.199. The van der Waals surface area contributed by atoms with Gasteiger partial charge in [0.25, 0.3) is 0 Å². The molecular weight excluding hydrogens is 490 g/mol. The summed E-state index contributed by atoms with van der Waals surface area (Å²) in [4.78, 5) is 43.1. The van der Waals surface area contributed by atoms with Gasteiger partial charge in [-0.15, -0.1) is 0 Å². The van der Waals surface area contributed by atoms with E-state index in [0.717, 1.165) is 33.0 Å². The lowest BCUT2D eigenvalue weighted by molar-refractivity contribution is -0.142. The number of hydrogen-bond acceptors (Lipinski definition) is 5. The molecule has 1 saturated heterocycles. The summed E-state index contributed by atoms with van der Waals surface area (Å²) in [5, 5.41) is 1.79. The van der Waals surface area contributed by atoms with Gasteiger partial charge in [-0.25, -0.2) is 4.90 Å². The number of rotatable bonds is 3. The molecule has 0 radical (unpaired) electrons. The highest BCUT2D eigenvalue weighted by atomic mass is 16.5. The van der Waals surface area contributed by atoms with Crippen LogP contribution >= 0.6 is 0 Å². The molecular formula is C33H25NO5. The molecule has 6 nitrogen and oxygen atoms in total. The highest BCUT2D eigenvalue weighted by Crippen LogP contribution is 2.55. The Morgan fingerprint density at radius 2 is 1.51 bits per heavy atom. The van der Waals surface area contributed by atoms with E-state index in [0.29, 0.717) is 17.2 Å². The maximum atomic E-state index is 14.1. The molecule has 2 heterocycles. The molecule has 192 valence electrons. The van der Waals surface area contributed by atoms with Crippen LogP contribution in [-0.2, 0) is 14.4 Å². The number of hydrogen-bond donors (Lipinski definition) is 0. The Morgan fingerprint density at radius 1 is 0.795 bits per heavy atom. The summed E-state index contributed by atoms with van der Waals surface area (Å²) < 4.78 is 11.3. The van der Waals surface area contributed by atoms with E-state index in [1.807, 2.05) is 85.8 Å².